The maximum absolute atomic E-state index is 15.3. The summed E-state index contributed by atoms with van der Waals surface area (Å²) in [7, 11) is 1.95. The minimum Gasteiger partial charge on any atom is -0.507 e. The predicted octanol–water partition coefficient (Wildman–Crippen LogP) is 9.38. The molecular formula is C73H55F6I3N10O17S. The van der Waals surface area contributed by atoms with Crippen molar-refractivity contribution in [1.82, 2.24) is 46.1 Å². The predicted molar refractivity (Wildman–Crippen MR) is 418 cm³/mol. The highest BCUT2D eigenvalue weighted by molar-refractivity contribution is 14.1. The van der Waals surface area contributed by atoms with Gasteiger partial charge in [0.15, 0.2) is 5.75 Å². The van der Waals surface area contributed by atoms with Gasteiger partial charge in [-0.15, -0.1) is 0 Å². The lowest BCUT2D eigenvalue weighted by Crippen LogP contribution is -2.42. The van der Waals surface area contributed by atoms with E-state index in [2.05, 4.69) is 9.17 Å². The van der Waals surface area contributed by atoms with E-state index in [1.54, 1.807) is 95.4 Å². The fourth-order valence-electron chi connectivity index (χ4n) is 11.4. The fraction of sp³-hybridized carbons (Fsp3) is 0.151. The molecule has 110 heavy (non-hydrogen) atoms. The van der Waals surface area contributed by atoms with Crippen LogP contribution in [0.2, 0.25) is 0 Å². The highest BCUT2D eigenvalue weighted by Gasteiger charge is 2.49. The average molecular weight is 1870 g/mol. The molecule has 568 valence electrons. The molecule has 7 aromatic heterocycles. The zero-order valence-electron chi connectivity index (χ0n) is 58.0. The summed E-state index contributed by atoms with van der Waals surface area (Å²) >= 11 is 5.69. The highest BCUT2D eigenvalue weighted by Crippen LogP contribution is 2.33. The van der Waals surface area contributed by atoms with E-state index in [-0.39, 0.29) is 58.0 Å². The molecule has 13 rings (SSSR count). The summed E-state index contributed by atoms with van der Waals surface area (Å²) in [5, 5.41) is 9.23. The first-order chi connectivity index (χ1) is 52.1. The fourth-order valence-corrected chi connectivity index (χ4v) is 13.3. The normalized spacial score (nSPS) is 11.5. The van der Waals surface area contributed by atoms with Gasteiger partial charge in [0.25, 0.3) is 33.4 Å². The molecule has 1 N–H and O–H groups in total. The van der Waals surface area contributed by atoms with Crippen molar-refractivity contribution in [2.24, 2.45) is 21.1 Å². The van der Waals surface area contributed by atoms with Gasteiger partial charge in [0.05, 0.1) is 64.2 Å². The standard InChI is InChI=1S/C28H22FIN4O5.C23H16F4IN3O7S.C22H17FIN3O5/c1-16-4-8-20(14-31-16)39-23-13-24(35)32(2)26-25(23)27(36)33(15-17-5-9-19(38-3)10-6-17)28(37)34(26)22-11-7-18(30)12-21(22)29;1-29-18(32)10-17(38-39(35,36)23(25,26)27)19-20(29)31(16-8-5-13(28)9-15(16)24)22(34)30(21(19)33)11-12-3-6-14(37-2)7-4-12;1-25-18(29)10-17(28)19-20(25)27(16-8-5-13(24)9-15(16)23)22(31)26(21(19)30)11-12-3-6-14(32-2)7-4-12/h4-14H,15H2,1-3H3;3-10H,11H2,1-2H3;3-10,28H,11H2,1-2H3. The van der Waals surface area contributed by atoms with Gasteiger partial charge in [-0.3, -0.25) is 61.2 Å². The smallest absolute Gasteiger partial charge is 0.507 e. The van der Waals surface area contributed by atoms with E-state index in [0.717, 1.165) is 58.3 Å². The molecule has 0 aliphatic heterocycles. The van der Waals surface area contributed by atoms with Crippen molar-refractivity contribution in [2.45, 2.75) is 32.1 Å². The Balaban J connectivity index is 0.000000165. The zero-order valence-corrected chi connectivity index (χ0v) is 65.3. The third kappa shape index (κ3) is 15.9. The van der Waals surface area contributed by atoms with Crippen molar-refractivity contribution in [3.8, 4) is 57.3 Å². The molecule has 0 aliphatic rings. The molecule has 7 heterocycles. The van der Waals surface area contributed by atoms with Gasteiger partial charge in [-0.05, 0) is 195 Å². The minimum atomic E-state index is -6.34. The number of fused-ring (bicyclic) bond motifs is 3. The first kappa shape index (κ1) is 79.7. The van der Waals surface area contributed by atoms with Crippen LogP contribution in [0.3, 0.4) is 0 Å². The summed E-state index contributed by atoms with van der Waals surface area (Å²) in [6, 6.07) is 37.6. The van der Waals surface area contributed by atoms with Crippen LogP contribution in [-0.2, 0) is 50.9 Å². The minimum absolute atomic E-state index is 0.0660. The number of ether oxygens (including phenoxy) is 4. The molecule has 37 heteroatoms. The molecule has 13 aromatic rings. The van der Waals surface area contributed by atoms with Crippen LogP contribution >= 0.6 is 67.8 Å². The molecule has 0 saturated heterocycles. The van der Waals surface area contributed by atoms with Gasteiger partial charge in [-0.25, -0.2) is 41.3 Å². The van der Waals surface area contributed by atoms with Crippen molar-refractivity contribution in [3.63, 3.8) is 0 Å². The van der Waals surface area contributed by atoms with E-state index in [9.17, 15) is 74.2 Å². The summed E-state index contributed by atoms with van der Waals surface area (Å²) in [5.41, 5.74) is -13.2. The Labute approximate surface area is 655 Å². The first-order valence-electron chi connectivity index (χ1n) is 31.8. The number of aromatic hydroxyl groups is 1. The lowest BCUT2D eigenvalue weighted by Gasteiger charge is -2.19. The van der Waals surface area contributed by atoms with Crippen LogP contribution in [0.15, 0.2) is 207 Å². The zero-order chi connectivity index (χ0) is 79.9. The van der Waals surface area contributed by atoms with E-state index >= 15 is 8.78 Å². The number of methoxy groups -OCH3 is 3. The molecule has 0 radical (unpaired) electrons. The maximum Gasteiger partial charge on any atom is 0.534 e. The van der Waals surface area contributed by atoms with Crippen molar-refractivity contribution in [3.05, 3.63) is 308 Å². The number of rotatable bonds is 16. The first-order valence-corrected chi connectivity index (χ1v) is 36.4. The number of aromatic nitrogens is 10. The van der Waals surface area contributed by atoms with E-state index in [1.165, 1.54) is 102 Å². The molecule has 0 unspecified atom stereocenters. The number of halogens is 9. The summed E-state index contributed by atoms with van der Waals surface area (Å²) < 4.78 is 143. The summed E-state index contributed by atoms with van der Waals surface area (Å²) in [6.07, 6.45) is 1.46. The monoisotopic (exact) mass is 1870 g/mol. The Hall–Kier alpha value is -11.3. The van der Waals surface area contributed by atoms with Crippen molar-refractivity contribution < 1.29 is 63.0 Å². The Morgan fingerprint density at radius 3 is 1.08 bits per heavy atom. The van der Waals surface area contributed by atoms with E-state index < -0.39 is 118 Å². The average Bonchev–Trinajstić information content (AvgIpc) is 0.736. The third-order valence-corrected chi connectivity index (χ3v) is 19.9. The van der Waals surface area contributed by atoms with Gasteiger partial charge in [0.2, 0.25) is 0 Å². The molecule has 0 saturated carbocycles. The van der Waals surface area contributed by atoms with Gasteiger partial charge < -0.3 is 28.2 Å². The van der Waals surface area contributed by atoms with Crippen molar-refractivity contribution >= 4 is 111 Å². The number of nitrogens with zero attached hydrogens (tertiary/aromatic N) is 10. The van der Waals surface area contributed by atoms with Crippen molar-refractivity contribution in [2.75, 3.05) is 21.3 Å². The largest absolute Gasteiger partial charge is 0.534 e. The number of benzene rings is 6. The second-order valence-corrected chi connectivity index (χ2v) is 29.2. The quantitative estimate of drug-likeness (QED) is 0.0407. The number of hydrogen-bond acceptors (Lipinski definition) is 18. The summed E-state index contributed by atoms with van der Waals surface area (Å²) in [4.78, 5) is 124. The van der Waals surface area contributed by atoms with E-state index in [0.29, 0.717) is 64.4 Å². The molecule has 6 aromatic carbocycles. The number of pyridine rings is 4. The number of hydrogen-bond donors (Lipinski definition) is 1. The van der Waals surface area contributed by atoms with Gasteiger partial charge in [-0.2, -0.15) is 21.6 Å². The lowest BCUT2D eigenvalue weighted by molar-refractivity contribution is -0.0499. The molecule has 0 bridgehead atoms. The number of alkyl halides is 3. The van der Waals surface area contributed by atoms with E-state index in [4.69, 9.17) is 18.9 Å². The Bertz CT molecular complexity index is 6590. The van der Waals surface area contributed by atoms with Gasteiger partial charge >= 0.3 is 32.7 Å². The van der Waals surface area contributed by atoms with Gasteiger partial charge in [0, 0.05) is 55.7 Å². The molecule has 0 fully saturated rings. The SMILES string of the molecule is COc1ccc(Cn2c(=O)c3c(O)cc(=O)n(C)c3n(-c3ccc(I)cc3F)c2=O)cc1.COc1ccc(Cn2c(=O)c3c(OS(=O)(=O)C(F)(F)F)cc(=O)n(C)c3n(-c3ccc(I)cc3F)c2=O)cc1.COc1ccc(Cn2c(=O)c3c(Oc4ccc(C)nc4)cc(=O)n(C)c3n(-c3ccc(I)cc3F)c2=O)cc1. The summed E-state index contributed by atoms with van der Waals surface area (Å²) in [5.74, 6) is -2.37. The van der Waals surface area contributed by atoms with Gasteiger partial charge in [-0.1, -0.05) is 36.4 Å². The van der Waals surface area contributed by atoms with Crippen molar-refractivity contribution in [1.29, 1.82) is 0 Å². The second kappa shape index (κ2) is 32.1. The Kier molecular flexibility index (Phi) is 23.2. The van der Waals surface area contributed by atoms with Gasteiger partial charge in [0.1, 0.15) is 85.0 Å². The Morgan fingerprint density at radius 1 is 0.436 bits per heavy atom. The maximum atomic E-state index is 15.3. The van der Waals surface area contributed by atoms with Crippen LogP contribution in [0.25, 0.3) is 50.2 Å². The van der Waals surface area contributed by atoms with Crippen LogP contribution < -0.4 is 73.6 Å². The molecule has 0 aliphatic carbocycles. The topological polar surface area (TPSA) is 311 Å². The molecular weight excluding hydrogens is 1820 g/mol. The number of aryl methyl sites for hydroxylation is 4. The van der Waals surface area contributed by atoms with Crippen LogP contribution in [0.1, 0.15) is 22.4 Å². The second-order valence-electron chi connectivity index (χ2n) is 23.9. The van der Waals surface area contributed by atoms with Crippen LogP contribution in [0.5, 0.6) is 40.2 Å². The summed E-state index contributed by atoms with van der Waals surface area (Å²) in [6.45, 7) is 1.10. The van der Waals surface area contributed by atoms with Crippen LogP contribution in [-0.4, -0.2) is 86.4 Å². The lowest BCUT2D eigenvalue weighted by atomic mass is 10.2. The highest BCUT2D eigenvalue weighted by atomic mass is 127. The van der Waals surface area contributed by atoms with Crippen LogP contribution in [0.4, 0.5) is 26.3 Å². The molecule has 0 amide bonds. The Morgan fingerprint density at radius 2 is 0.755 bits per heavy atom. The molecule has 0 spiro atoms. The molecule has 0 atom stereocenters. The molecule has 27 nitrogen and oxygen atoms in total. The van der Waals surface area contributed by atoms with E-state index in [1.807, 2.05) is 52.1 Å². The third-order valence-electron chi connectivity index (χ3n) is 17.0. The van der Waals surface area contributed by atoms with Crippen LogP contribution in [0, 0.1) is 35.1 Å².